The fourth-order valence-corrected chi connectivity index (χ4v) is 4.40. The molecular formula is C23H34ClN3O5. The van der Waals surface area contributed by atoms with Crippen LogP contribution in [0.3, 0.4) is 0 Å². The zero-order valence-corrected chi connectivity index (χ0v) is 19.9. The zero-order chi connectivity index (χ0) is 23.3. The van der Waals surface area contributed by atoms with E-state index >= 15 is 0 Å². The number of amides is 1. The number of nitrogens with zero attached hydrogens (tertiary/aromatic N) is 1. The number of piperidine rings is 1. The summed E-state index contributed by atoms with van der Waals surface area (Å²) in [5.74, 6) is 0.0834. The van der Waals surface area contributed by atoms with Crippen molar-refractivity contribution in [3.05, 3.63) is 22.2 Å². The molecule has 0 atom stereocenters. The van der Waals surface area contributed by atoms with Gasteiger partial charge in [-0.05, 0) is 59.1 Å². The Hall–Kier alpha value is -2.19. The lowest BCUT2D eigenvalue weighted by molar-refractivity contribution is 0.0106. The molecule has 0 aliphatic carbocycles. The third kappa shape index (κ3) is 6.19. The molecule has 178 valence electrons. The van der Waals surface area contributed by atoms with Gasteiger partial charge in [-0.25, -0.2) is 9.59 Å². The summed E-state index contributed by atoms with van der Waals surface area (Å²) in [5, 5.41) is 3.08. The Morgan fingerprint density at radius 2 is 2.03 bits per heavy atom. The molecule has 0 spiro atoms. The maximum absolute atomic E-state index is 12.9. The van der Waals surface area contributed by atoms with Crippen LogP contribution in [0.5, 0.6) is 5.75 Å². The Kier molecular flexibility index (Phi) is 8.11. The summed E-state index contributed by atoms with van der Waals surface area (Å²) in [4.78, 5) is 26.5. The van der Waals surface area contributed by atoms with E-state index in [0.29, 0.717) is 41.6 Å². The van der Waals surface area contributed by atoms with E-state index in [1.54, 1.807) is 13.0 Å². The van der Waals surface area contributed by atoms with E-state index in [9.17, 15) is 9.59 Å². The maximum Gasteiger partial charge on any atom is 0.407 e. The third-order valence-corrected chi connectivity index (χ3v) is 6.14. The van der Waals surface area contributed by atoms with Crippen LogP contribution in [0.25, 0.3) is 0 Å². The van der Waals surface area contributed by atoms with E-state index in [4.69, 9.17) is 31.5 Å². The monoisotopic (exact) mass is 467 g/mol. The first kappa shape index (κ1) is 24.5. The van der Waals surface area contributed by atoms with Crippen molar-refractivity contribution >= 4 is 29.4 Å². The van der Waals surface area contributed by atoms with E-state index in [1.807, 2.05) is 13.8 Å². The summed E-state index contributed by atoms with van der Waals surface area (Å²) in [5.41, 5.74) is 7.27. The predicted octanol–water partition coefficient (Wildman–Crippen LogP) is 3.78. The summed E-state index contributed by atoms with van der Waals surface area (Å²) in [6.07, 6.45) is 3.55. The van der Waals surface area contributed by atoms with Gasteiger partial charge in [0.05, 0.1) is 17.3 Å². The molecule has 2 heterocycles. The molecule has 8 nitrogen and oxygen atoms in total. The number of nitrogens with two attached hydrogens (primary N) is 1. The number of nitrogen functional groups attached to an aromatic ring is 1. The van der Waals surface area contributed by atoms with Crippen molar-refractivity contribution in [1.82, 2.24) is 10.2 Å². The smallest absolute Gasteiger partial charge is 0.407 e. The first-order valence-electron chi connectivity index (χ1n) is 11.3. The molecule has 0 saturated carbocycles. The Labute approximate surface area is 194 Å². The number of hydrogen-bond acceptors (Lipinski definition) is 7. The number of unbranched alkanes of at least 4 members (excludes halogenated alkanes) is 1. The zero-order valence-electron chi connectivity index (χ0n) is 19.2. The van der Waals surface area contributed by atoms with Crippen molar-refractivity contribution in [2.75, 3.05) is 38.5 Å². The number of carbonyl (C=O) groups excluding carboxylic acids is 2. The SMILES string of the molecule is CCOC(=O)NCCCCN1CCC(OC(=O)c2cc(Cl)c(N)c3c2OC(C)(C)C3)CC1. The largest absolute Gasteiger partial charge is 0.486 e. The number of ether oxygens (including phenoxy) is 3. The van der Waals surface area contributed by atoms with Crippen molar-refractivity contribution in [1.29, 1.82) is 0 Å². The number of nitrogens with one attached hydrogen (secondary N) is 1. The van der Waals surface area contributed by atoms with Gasteiger partial charge in [0, 0.05) is 31.6 Å². The minimum Gasteiger partial charge on any atom is -0.486 e. The van der Waals surface area contributed by atoms with Gasteiger partial charge in [0.1, 0.15) is 23.0 Å². The molecule has 3 rings (SSSR count). The Bertz CT molecular complexity index is 837. The van der Waals surface area contributed by atoms with E-state index < -0.39 is 11.6 Å². The fraction of sp³-hybridized carbons (Fsp3) is 0.652. The maximum atomic E-state index is 12.9. The standard InChI is InChI=1S/C23H34ClN3O5/c1-4-30-22(29)26-9-5-6-10-27-11-7-15(8-12-27)31-21(28)16-13-18(24)19(25)17-14-23(2,3)32-20(16)17/h13,15H,4-12,14,25H2,1-3H3,(H,26,29). The van der Waals surface area contributed by atoms with Crippen LogP contribution in [0.2, 0.25) is 5.02 Å². The number of anilines is 1. The number of fused-ring (bicyclic) bond motifs is 1. The highest BCUT2D eigenvalue weighted by Crippen LogP contribution is 2.44. The molecule has 3 N–H and O–H groups in total. The van der Waals surface area contributed by atoms with Gasteiger partial charge in [-0.1, -0.05) is 11.6 Å². The normalized spacial score (nSPS) is 18.0. The van der Waals surface area contributed by atoms with Crippen molar-refractivity contribution in [2.45, 2.75) is 64.6 Å². The van der Waals surface area contributed by atoms with E-state index in [1.165, 1.54) is 0 Å². The van der Waals surface area contributed by atoms with Gasteiger partial charge in [-0.15, -0.1) is 0 Å². The van der Waals surface area contributed by atoms with E-state index in [0.717, 1.165) is 50.9 Å². The van der Waals surface area contributed by atoms with Gasteiger partial charge in [-0.2, -0.15) is 0 Å². The molecule has 0 bridgehead atoms. The summed E-state index contributed by atoms with van der Waals surface area (Å²) in [7, 11) is 0. The minimum atomic E-state index is -0.437. The quantitative estimate of drug-likeness (QED) is 0.340. The first-order valence-corrected chi connectivity index (χ1v) is 11.7. The molecule has 0 aromatic heterocycles. The first-order chi connectivity index (χ1) is 15.2. The summed E-state index contributed by atoms with van der Waals surface area (Å²) in [6, 6.07) is 1.55. The number of likely N-dealkylation sites (tertiary alicyclic amines) is 1. The highest BCUT2D eigenvalue weighted by Gasteiger charge is 2.37. The van der Waals surface area contributed by atoms with Crippen LogP contribution >= 0.6 is 11.6 Å². The molecule has 32 heavy (non-hydrogen) atoms. The van der Waals surface area contributed by atoms with Crippen LogP contribution in [0.4, 0.5) is 10.5 Å². The molecule has 9 heteroatoms. The Balaban J connectivity index is 1.44. The highest BCUT2D eigenvalue weighted by atomic mass is 35.5. The van der Waals surface area contributed by atoms with Crippen LogP contribution < -0.4 is 15.8 Å². The Morgan fingerprint density at radius 3 is 2.72 bits per heavy atom. The molecule has 1 saturated heterocycles. The fourth-order valence-electron chi connectivity index (χ4n) is 4.18. The van der Waals surface area contributed by atoms with Crippen molar-refractivity contribution in [3.63, 3.8) is 0 Å². The lowest BCUT2D eigenvalue weighted by atomic mass is 9.98. The number of carbonyl (C=O) groups is 2. The van der Waals surface area contributed by atoms with Gasteiger partial charge in [-0.3, -0.25) is 0 Å². The van der Waals surface area contributed by atoms with Crippen LogP contribution in [0.1, 0.15) is 62.4 Å². The van der Waals surface area contributed by atoms with Gasteiger partial charge < -0.3 is 30.2 Å². The average molecular weight is 468 g/mol. The molecule has 1 amide bonds. The van der Waals surface area contributed by atoms with Gasteiger partial charge in [0.15, 0.2) is 0 Å². The van der Waals surface area contributed by atoms with Crippen LogP contribution in [-0.4, -0.2) is 61.5 Å². The number of esters is 1. The number of alkyl carbamates (subject to hydrolysis) is 1. The van der Waals surface area contributed by atoms with Gasteiger partial charge in [0.25, 0.3) is 0 Å². The molecule has 0 unspecified atom stereocenters. The highest BCUT2D eigenvalue weighted by molar-refractivity contribution is 6.33. The number of hydrogen-bond donors (Lipinski definition) is 2. The number of halogens is 1. The predicted molar refractivity (Wildman–Crippen MR) is 123 cm³/mol. The molecule has 2 aliphatic heterocycles. The van der Waals surface area contributed by atoms with Gasteiger partial charge >= 0.3 is 12.1 Å². The van der Waals surface area contributed by atoms with Crippen molar-refractivity contribution in [2.24, 2.45) is 0 Å². The molecule has 2 aliphatic rings. The lowest BCUT2D eigenvalue weighted by Gasteiger charge is -2.31. The molecule has 1 fully saturated rings. The second-order valence-corrected chi connectivity index (χ2v) is 9.37. The van der Waals surface area contributed by atoms with Gasteiger partial charge in [0.2, 0.25) is 0 Å². The minimum absolute atomic E-state index is 0.134. The van der Waals surface area contributed by atoms with E-state index in [2.05, 4.69) is 10.2 Å². The number of rotatable bonds is 8. The average Bonchev–Trinajstić information content (AvgIpc) is 3.07. The summed E-state index contributed by atoms with van der Waals surface area (Å²) < 4.78 is 16.6. The van der Waals surface area contributed by atoms with Crippen molar-refractivity contribution < 1.29 is 23.8 Å². The topological polar surface area (TPSA) is 103 Å². The molecule has 1 aromatic rings. The number of benzene rings is 1. The molecular weight excluding hydrogens is 434 g/mol. The second kappa shape index (κ2) is 10.6. The van der Waals surface area contributed by atoms with Crippen LogP contribution in [0.15, 0.2) is 6.07 Å². The Morgan fingerprint density at radius 1 is 1.31 bits per heavy atom. The molecule has 0 radical (unpaired) electrons. The second-order valence-electron chi connectivity index (χ2n) is 8.97. The van der Waals surface area contributed by atoms with Crippen LogP contribution in [-0.2, 0) is 15.9 Å². The summed E-state index contributed by atoms with van der Waals surface area (Å²) in [6.45, 7) is 9.38. The van der Waals surface area contributed by atoms with Crippen molar-refractivity contribution in [3.8, 4) is 5.75 Å². The lowest BCUT2D eigenvalue weighted by Crippen LogP contribution is -2.38. The summed E-state index contributed by atoms with van der Waals surface area (Å²) >= 11 is 6.28. The third-order valence-electron chi connectivity index (χ3n) is 5.83. The molecule has 1 aromatic carbocycles. The van der Waals surface area contributed by atoms with Crippen LogP contribution in [0, 0.1) is 0 Å². The van der Waals surface area contributed by atoms with E-state index in [-0.39, 0.29) is 12.2 Å².